The number of pyridine rings is 1. The lowest BCUT2D eigenvalue weighted by molar-refractivity contribution is 1.07. The highest BCUT2D eigenvalue weighted by atomic mass is 32.1. The van der Waals surface area contributed by atoms with Crippen molar-refractivity contribution < 1.29 is 0 Å². The number of hydrogen-bond donors (Lipinski definition) is 0. The minimum Gasteiger partial charge on any atom is -0.274 e. The summed E-state index contributed by atoms with van der Waals surface area (Å²) in [5.41, 5.74) is 4.49. The number of rotatable bonds is 3. The van der Waals surface area contributed by atoms with Gasteiger partial charge in [-0.25, -0.2) is 9.97 Å². The molecule has 0 radical (unpaired) electrons. The zero-order valence-electron chi connectivity index (χ0n) is 10.6. The summed E-state index contributed by atoms with van der Waals surface area (Å²) < 4.78 is 0. The summed E-state index contributed by atoms with van der Waals surface area (Å²) in [7, 11) is 0. The lowest BCUT2D eigenvalue weighted by atomic mass is 10.2. The Labute approximate surface area is 112 Å². The first kappa shape index (κ1) is 12.6. The largest absolute Gasteiger partial charge is 0.274 e. The van der Waals surface area contributed by atoms with Crippen LogP contribution in [0.25, 0.3) is 0 Å². The molecule has 0 aromatic carbocycles. The standard InChI is InChI=1S/C13H14N4S/c1-9-4-10(2)16-12(5-9)17(8-18)13-7-14-11(3)6-15-13/h4-8H,1-3H3. The molecule has 2 heterocycles. The molecule has 2 aromatic heterocycles. The van der Waals surface area contributed by atoms with E-state index >= 15 is 0 Å². The zero-order chi connectivity index (χ0) is 13.1. The fourth-order valence-electron chi connectivity index (χ4n) is 1.68. The van der Waals surface area contributed by atoms with Crippen molar-refractivity contribution in [3.05, 3.63) is 41.5 Å². The lowest BCUT2D eigenvalue weighted by Crippen LogP contribution is -2.16. The smallest absolute Gasteiger partial charge is 0.157 e. The molecule has 0 aliphatic heterocycles. The molecule has 4 nitrogen and oxygen atoms in total. The van der Waals surface area contributed by atoms with E-state index in [1.54, 1.807) is 17.3 Å². The van der Waals surface area contributed by atoms with Gasteiger partial charge in [0.25, 0.3) is 0 Å². The molecule has 0 N–H and O–H groups in total. The van der Waals surface area contributed by atoms with Crippen molar-refractivity contribution in [1.29, 1.82) is 0 Å². The Balaban J connectivity index is 2.44. The summed E-state index contributed by atoms with van der Waals surface area (Å²) in [5.74, 6) is 1.44. The Morgan fingerprint density at radius 3 is 2.33 bits per heavy atom. The Morgan fingerprint density at radius 1 is 1.00 bits per heavy atom. The van der Waals surface area contributed by atoms with Crippen LogP contribution in [0, 0.1) is 20.8 Å². The van der Waals surface area contributed by atoms with Crippen LogP contribution in [0.3, 0.4) is 0 Å². The van der Waals surface area contributed by atoms with Gasteiger partial charge in [-0.15, -0.1) is 0 Å². The van der Waals surface area contributed by atoms with Gasteiger partial charge in [0, 0.05) is 5.69 Å². The van der Waals surface area contributed by atoms with Crippen molar-refractivity contribution in [3.63, 3.8) is 0 Å². The first-order valence-corrected chi connectivity index (χ1v) is 6.06. The average Bonchev–Trinajstić information content (AvgIpc) is 2.31. The Morgan fingerprint density at radius 2 is 1.78 bits per heavy atom. The molecular formula is C13H14N4S. The van der Waals surface area contributed by atoms with Gasteiger partial charge in [-0.2, -0.15) is 0 Å². The normalized spacial score (nSPS) is 10.2. The molecule has 5 heteroatoms. The predicted molar refractivity (Wildman–Crippen MR) is 76.3 cm³/mol. The van der Waals surface area contributed by atoms with Crippen molar-refractivity contribution >= 4 is 29.3 Å². The van der Waals surface area contributed by atoms with Gasteiger partial charge < -0.3 is 0 Å². The first-order valence-electron chi connectivity index (χ1n) is 5.58. The molecule has 0 fully saturated rings. The number of anilines is 2. The minimum atomic E-state index is 0.674. The molecule has 0 aliphatic carbocycles. The van der Waals surface area contributed by atoms with Crippen LogP contribution in [-0.4, -0.2) is 20.4 Å². The van der Waals surface area contributed by atoms with Crippen molar-refractivity contribution in [2.45, 2.75) is 20.8 Å². The molecule has 0 atom stereocenters. The van der Waals surface area contributed by atoms with Crippen LogP contribution in [0.4, 0.5) is 11.6 Å². The number of aryl methyl sites for hydroxylation is 3. The Bertz CT molecular complexity index is 545. The van der Waals surface area contributed by atoms with Gasteiger partial charge in [0.1, 0.15) is 5.82 Å². The second-order valence-electron chi connectivity index (χ2n) is 4.14. The van der Waals surface area contributed by atoms with Crippen LogP contribution in [0.5, 0.6) is 0 Å². The quantitative estimate of drug-likeness (QED) is 0.792. The molecule has 2 aromatic rings. The van der Waals surface area contributed by atoms with Crippen LogP contribution in [0.2, 0.25) is 0 Å². The van der Waals surface area contributed by atoms with Crippen LogP contribution in [-0.2, 0) is 0 Å². The lowest BCUT2D eigenvalue weighted by Gasteiger charge is -2.17. The highest BCUT2D eigenvalue weighted by Gasteiger charge is 2.10. The minimum absolute atomic E-state index is 0.674. The molecule has 0 saturated heterocycles. The van der Waals surface area contributed by atoms with Gasteiger partial charge in [0.15, 0.2) is 5.82 Å². The first-order chi connectivity index (χ1) is 8.60. The third-order valence-electron chi connectivity index (χ3n) is 2.45. The van der Waals surface area contributed by atoms with Crippen molar-refractivity contribution in [2.75, 3.05) is 4.90 Å². The van der Waals surface area contributed by atoms with E-state index < -0.39 is 0 Å². The second-order valence-corrected chi connectivity index (χ2v) is 4.35. The van der Waals surface area contributed by atoms with E-state index in [1.807, 2.05) is 32.9 Å². The second kappa shape index (κ2) is 5.18. The third-order valence-corrected chi connectivity index (χ3v) is 2.66. The topological polar surface area (TPSA) is 41.9 Å². The molecular weight excluding hydrogens is 244 g/mol. The number of aromatic nitrogens is 3. The van der Waals surface area contributed by atoms with E-state index in [0.29, 0.717) is 5.82 Å². The highest BCUT2D eigenvalue weighted by molar-refractivity contribution is 7.79. The SMILES string of the molecule is Cc1cc(C)nc(N(C=S)c2cnc(C)cn2)c1. The summed E-state index contributed by atoms with van der Waals surface area (Å²) in [6, 6.07) is 3.99. The van der Waals surface area contributed by atoms with Gasteiger partial charge >= 0.3 is 0 Å². The number of thiocarbonyl (C=S) groups is 1. The fourth-order valence-corrected chi connectivity index (χ4v) is 1.89. The summed E-state index contributed by atoms with van der Waals surface area (Å²) in [5, 5.41) is 0. The van der Waals surface area contributed by atoms with Gasteiger partial charge in [-0.1, -0.05) is 12.2 Å². The van der Waals surface area contributed by atoms with Crippen molar-refractivity contribution in [2.24, 2.45) is 0 Å². The summed E-state index contributed by atoms with van der Waals surface area (Å²) in [6.45, 7) is 5.88. The van der Waals surface area contributed by atoms with Crippen molar-refractivity contribution in [1.82, 2.24) is 15.0 Å². The summed E-state index contributed by atoms with van der Waals surface area (Å²) >= 11 is 5.05. The maximum absolute atomic E-state index is 5.05. The van der Waals surface area contributed by atoms with E-state index in [0.717, 1.165) is 22.8 Å². The van der Waals surface area contributed by atoms with E-state index in [9.17, 15) is 0 Å². The Hall–Kier alpha value is -1.88. The molecule has 0 bridgehead atoms. The zero-order valence-corrected chi connectivity index (χ0v) is 11.4. The molecule has 0 saturated carbocycles. The molecule has 92 valence electrons. The van der Waals surface area contributed by atoms with Crippen LogP contribution >= 0.6 is 12.2 Å². The molecule has 2 rings (SSSR count). The number of hydrogen-bond acceptors (Lipinski definition) is 4. The molecule has 0 aliphatic rings. The van der Waals surface area contributed by atoms with E-state index in [4.69, 9.17) is 12.2 Å². The molecule has 0 spiro atoms. The van der Waals surface area contributed by atoms with Crippen molar-refractivity contribution in [3.8, 4) is 0 Å². The van der Waals surface area contributed by atoms with Gasteiger partial charge in [0.05, 0.1) is 23.6 Å². The van der Waals surface area contributed by atoms with E-state index in [1.165, 1.54) is 5.49 Å². The monoisotopic (exact) mass is 258 g/mol. The fraction of sp³-hybridized carbons (Fsp3) is 0.231. The van der Waals surface area contributed by atoms with Gasteiger partial charge in [0.2, 0.25) is 0 Å². The van der Waals surface area contributed by atoms with Gasteiger partial charge in [-0.3, -0.25) is 9.88 Å². The highest BCUT2D eigenvalue weighted by Crippen LogP contribution is 2.20. The third kappa shape index (κ3) is 2.68. The molecule has 0 unspecified atom stereocenters. The Kier molecular flexibility index (Phi) is 3.62. The predicted octanol–water partition coefficient (Wildman–Crippen LogP) is 2.89. The maximum Gasteiger partial charge on any atom is 0.157 e. The van der Waals surface area contributed by atoms with E-state index in [-0.39, 0.29) is 0 Å². The summed E-state index contributed by atoms with van der Waals surface area (Å²) in [4.78, 5) is 14.7. The summed E-state index contributed by atoms with van der Waals surface area (Å²) in [6.07, 6.45) is 3.40. The van der Waals surface area contributed by atoms with Crippen LogP contribution in [0.1, 0.15) is 17.0 Å². The van der Waals surface area contributed by atoms with Gasteiger partial charge in [-0.05, 0) is 38.5 Å². The number of nitrogens with zero attached hydrogens (tertiary/aromatic N) is 4. The molecule has 0 amide bonds. The maximum atomic E-state index is 5.05. The van der Waals surface area contributed by atoms with Crippen LogP contribution < -0.4 is 4.90 Å². The van der Waals surface area contributed by atoms with E-state index in [2.05, 4.69) is 15.0 Å². The molecule has 18 heavy (non-hydrogen) atoms. The average molecular weight is 258 g/mol. The van der Waals surface area contributed by atoms with Crippen LogP contribution in [0.15, 0.2) is 24.5 Å².